The standard InChI is InChI=1S/9CO.Cr.2Mn.2Se/c9*1-2;;;;;/q;;;;;;;;;;;;2*-1. The van der Waals surface area contributed by atoms with Crippen LogP contribution < -0.4 is 0 Å². The minimum absolute atomic E-state index is 0. The predicted molar refractivity (Wildman–Crippen MR) is 46.9 cm³/mol. The summed E-state index contributed by atoms with van der Waals surface area (Å²) in [6, 6.07) is 0. The van der Waals surface area contributed by atoms with Crippen LogP contribution >= 0.6 is 0 Å². The van der Waals surface area contributed by atoms with E-state index in [1.807, 2.05) is 0 Å². The number of rotatable bonds is 0. The van der Waals surface area contributed by atoms with Crippen LogP contribution in [0.1, 0.15) is 0 Å². The Morgan fingerprint density at radius 2 is 0.261 bits per heavy atom. The van der Waals surface area contributed by atoms with Gasteiger partial charge in [-0.05, 0) is 0 Å². The van der Waals surface area contributed by atoms with Crippen molar-refractivity contribution < 1.29 is 93.4 Å². The second-order valence-corrected chi connectivity index (χ2v) is 0. The van der Waals surface area contributed by atoms with Gasteiger partial charge in [0.05, 0.1) is 0 Å². The molecular weight excluding hydrogens is 572 g/mol. The molecule has 0 aliphatic heterocycles. The second-order valence-electron chi connectivity index (χ2n) is 0. The Morgan fingerprint density at radius 3 is 0.261 bits per heavy atom. The number of hydrogen-bond acceptors (Lipinski definition) is 0. The van der Waals surface area contributed by atoms with Crippen molar-refractivity contribution in [1.29, 1.82) is 0 Å². The zero-order valence-electron chi connectivity index (χ0n) is 10.2. The smallest absolute Gasteiger partial charge is 0 e. The van der Waals surface area contributed by atoms with Gasteiger partial charge in [-0.15, -0.1) is 0 Å². The van der Waals surface area contributed by atoms with Crippen LogP contribution in [-0.2, 0) is 93.4 Å². The summed E-state index contributed by atoms with van der Waals surface area (Å²) < 4.78 is 67.5. The van der Waals surface area contributed by atoms with Crippen molar-refractivity contribution in [1.82, 2.24) is 0 Å². The Kier molecular flexibility index (Phi) is 805000. The van der Waals surface area contributed by atoms with E-state index in [9.17, 15) is 0 Å². The van der Waals surface area contributed by atoms with Crippen molar-refractivity contribution in [3.8, 4) is 0 Å². The normalized spacial score (nSPS) is 0.783. The molecule has 23 heavy (non-hydrogen) atoms. The Balaban J connectivity index is -0.00000000321. The van der Waals surface area contributed by atoms with Crippen LogP contribution in [-0.4, -0.2) is 34.1 Å². The molecule has 14 heteroatoms. The maximum absolute atomic E-state index is 7.50. The molecule has 0 saturated carbocycles. The molecule has 0 aliphatic carbocycles. The van der Waals surface area contributed by atoms with Gasteiger partial charge in [0.1, 0.15) is 0 Å². The van der Waals surface area contributed by atoms with E-state index in [4.69, 9.17) is 41.9 Å². The third-order valence-electron chi connectivity index (χ3n) is 0. The molecule has 0 amide bonds. The first-order chi connectivity index (χ1) is 9.00. The molecule has 9 nitrogen and oxygen atoms in total. The fourth-order valence-electron chi connectivity index (χ4n) is 0. The summed E-state index contributed by atoms with van der Waals surface area (Å²) in [6.07, 6.45) is 0. The van der Waals surface area contributed by atoms with E-state index >= 15 is 0 Å². The van der Waals surface area contributed by atoms with E-state index in [-0.39, 0.29) is 85.6 Å². The molecule has 0 aromatic carbocycles. The Hall–Kier alpha value is 0.270. The Labute approximate surface area is 186 Å². The van der Waals surface area contributed by atoms with Gasteiger partial charge >= 0.3 is 102 Å². The maximum atomic E-state index is 7.50. The average molecular weight is 572 g/mol. The minimum Gasteiger partial charge on any atom is -1.00 e. The average Bonchev–Trinajstić information content (AvgIpc) is 2.63. The van der Waals surface area contributed by atoms with Gasteiger partial charge in [0.25, 0.3) is 0 Å². The quantitative estimate of drug-likeness (QED) is 0.195. The zero-order valence-corrected chi connectivity index (χ0v) is 17.2. The molecule has 0 bridgehead atoms. The second kappa shape index (κ2) is 138000. The van der Waals surface area contributed by atoms with Crippen LogP contribution in [0.15, 0.2) is 0 Å². The first-order valence-corrected chi connectivity index (χ1v) is 1.84. The molecule has 0 fully saturated rings. The van der Waals surface area contributed by atoms with E-state index in [1.165, 1.54) is 0 Å². The number of hydrogen-bond donors (Lipinski definition) is 0. The van der Waals surface area contributed by atoms with Crippen LogP contribution in [0.4, 0.5) is 0 Å². The molecule has 0 aromatic heterocycles. The van der Waals surface area contributed by atoms with Crippen molar-refractivity contribution in [2.45, 2.75) is 0 Å². The third-order valence-corrected chi connectivity index (χ3v) is 0. The van der Waals surface area contributed by atoms with E-state index in [0.29, 0.717) is 0 Å². The molecule has 4 radical (unpaired) electrons. The molecule has 0 aromatic rings. The van der Waals surface area contributed by atoms with Crippen molar-refractivity contribution in [3.05, 3.63) is 59.9 Å². The van der Waals surface area contributed by atoms with Crippen LogP contribution in [0.3, 0.4) is 0 Å². The van der Waals surface area contributed by atoms with Gasteiger partial charge in [-0.1, -0.05) is 0 Å². The van der Waals surface area contributed by atoms with Crippen molar-refractivity contribution in [2.24, 2.45) is 0 Å². The Bertz CT molecular complexity index is 171. The fourth-order valence-corrected chi connectivity index (χ4v) is 0. The summed E-state index contributed by atoms with van der Waals surface area (Å²) in [6.45, 7) is 40.5. The van der Waals surface area contributed by atoms with Gasteiger partial charge in [-0.25, -0.2) is 0 Å². The van der Waals surface area contributed by atoms with Gasteiger partial charge in [-0.3, -0.25) is 0 Å². The van der Waals surface area contributed by atoms with Crippen LogP contribution in [0.25, 0.3) is 0 Å². The molecule has 0 heterocycles. The van der Waals surface area contributed by atoms with Crippen molar-refractivity contribution >= 4 is 34.1 Å². The molecular formula is C9CrMn2O9Se2-2. The monoisotopic (exact) mass is 574 g/mol. The minimum atomic E-state index is 0. The molecule has 0 unspecified atom stereocenters. The SMILES string of the molecule is [C-]#[O+].[C-]#[O+].[C-]#[O+].[C-]#[O+].[C-]#[O+].[C-]#[O+].[C-]#[O+].[C-]#[O+].[C-]#[O+].[Cr].[Mn].[Mn].[Se-].[Se-]. The first kappa shape index (κ1) is 134. The summed E-state index contributed by atoms with van der Waals surface area (Å²) in [5, 5.41) is 0. The third kappa shape index (κ3) is 125000. The van der Waals surface area contributed by atoms with E-state index in [1.54, 1.807) is 0 Å². The van der Waals surface area contributed by atoms with Gasteiger partial charge in [0.15, 0.2) is 0 Å². The van der Waals surface area contributed by atoms with Crippen LogP contribution in [0.2, 0.25) is 0 Å². The van der Waals surface area contributed by atoms with Crippen LogP contribution in [0, 0.1) is 59.9 Å². The molecule has 124 valence electrons. The largest absolute Gasteiger partial charge is 1.00 e. The van der Waals surface area contributed by atoms with E-state index in [2.05, 4.69) is 59.9 Å². The van der Waals surface area contributed by atoms with Gasteiger partial charge in [0.2, 0.25) is 0 Å². The zero-order chi connectivity index (χ0) is 18.0. The van der Waals surface area contributed by atoms with Crippen molar-refractivity contribution in [2.75, 3.05) is 0 Å². The summed E-state index contributed by atoms with van der Waals surface area (Å²) in [5.41, 5.74) is 0. The molecule has 0 aliphatic rings. The van der Waals surface area contributed by atoms with E-state index < -0.39 is 0 Å². The van der Waals surface area contributed by atoms with Gasteiger partial charge < -0.3 is 34.1 Å². The summed E-state index contributed by atoms with van der Waals surface area (Å²) in [5.74, 6) is 0. The van der Waals surface area contributed by atoms with Gasteiger partial charge in [-0.2, -0.15) is 0 Å². The summed E-state index contributed by atoms with van der Waals surface area (Å²) in [4.78, 5) is 0. The summed E-state index contributed by atoms with van der Waals surface area (Å²) >= 11 is 0. The maximum Gasteiger partial charge on any atom is 0 e. The Morgan fingerprint density at radius 1 is 0.261 bits per heavy atom. The van der Waals surface area contributed by atoms with Crippen molar-refractivity contribution in [3.63, 3.8) is 0 Å². The fraction of sp³-hybridized carbons (Fsp3) is 0. The van der Waals surface area contributed by atoms with E-state index in [0.717, 1.165) is 0 Å². The topological polar surface area (TPSA) is 179 Å². The summed E-state index contributed by atoms with van der Waals surface area (Å²) in [7, 11) is 0. The molecule has 0 spiro atoms. The predicted octanol–water partition coefficient (Wildman–Crippen LogP) is -1.11. The van der Waals surface area contributed by atoms with Crippen LogP contribution in [0.5, 0.6) is 0 Å². The molecule has 0 atom stereocenters. The van der Waals surface area contributed by atoms with Gasteiger partial charge in [0, 0.05) is 51.5 Å². The molecule has 0 rings (SSSR count). The molecule has 0 N–H and O–H groups in total. The molecule has 0 saturated heterocycles. The first-order valence-electron chi connectivity index (χ1n) is 1.84.